The van der Waals surface area contributed by atoms with Crippen LogP contribution in [0.15, 0.2) is 48.5 Å². The number of fused-ring (bicyclic) bond motifs is 3. The number of anilines is 3. The maximum Gasteiger partial charge on any atom is 0.152 e. The van der Waals surface area contributed by atoms with Crippen LogP contribution in [0, 0.1) is 0 Å². The number of rotatable bonds is 0. The van der Waals surface area contributed by atoms with Gasteiger partial charge in [0.25, 0.3) is 0 Å². The summed E-state index contributed by atoms with van der Waals surface area (Å²) in [7, 11) is 0. The summed E-state index contributed by atoms with van der Waals surface area (Å²) in [6.45, 7) is 27.0. The summed E-state index contributed by atoms with van der Waals surface area (Å²) in [4.78, 5) is 2.38. The zero-order chi connectivity index (χ0) is 33.1. The fourth-order valence-electron chi connectivity index (χ4n) is 7.38. The first-order valence-corrected chi connectivity index (χ1v) is 19.2. The van der Waals surface area contributed by atoms with E-state index in [9.17, 15) is 0 Å². The van der Waals surface area contributed by atoms with Crippen molar-refractivity contribution in [2.24, 2.45) is 0 Å². The van der Waals surface area contributed by atoms with Crippen LogP contribution in [-0.4, -0.2) is 0 Å². The highest BCUT2D eigenvalue weighted by atomic mass is 32.4. The van der Waals surface area contributed by atoms with Gasteiger partial charge >= 0.3 is 0 Å². The lowest BCUT2D eigenvalue weighted by Crippen LogP contribution is -2.44. The molecule has 0 N–H and O–H groups in total. The molecule has 0 aromatic heterocycles. The maximum absolute atomic E-state index is 7.21. The molecule has 0 fully saturated rings. The topological polar surface area (TPSA) is 30.9 Å². The summed E-state index contributed by atoms with van der Waals surface area (Å²) in [5, 5.41) is 3.26. The maximum atomic E-state index is 7.21. The Morgan fingerprint density at radius 1 is 0.500 bits per heavy atom. The molecule has 4 aromatic rings. The van der Waals surface area contributed by atoms with Crippen LogP contribution in [0.4, 0.5) is 17.1 Å². The van der Waals surface area contributed by atoms with Crippen LogP contribution in [0.25, 0.3) is 0 Å². The van der Waals surface area contributed by atoms with E-state index in [1.807, 2.05) is 0 Å². The van der Waals surface area contributed by atoms with E-state index in [1.165, 1.54) is 16.7 Å². The Hall–Kier alpha value is -3.27. The van der Waals surface area contributed by atoms with Crippen LogP contribution in [0.2, 0.25) is 0 Å². The molecule has 0 bridgehead atoms. The summed E-state index contributed by atoms with van der Waals surface area (Å²) in [5.41, 5.74) is 7.30. The first-order valence-electron chi connectivity index (χ1n) is 16.4. The van der Waals surface area contributed by atoms with Gasteiger partial charge in [0.15, 0.2) is 11.5 Å². The highest BCUT2D eigenvalue weighted by Crippen LogP contribution is 2.70. The van der Waals surface area contributed by atoms with E-state index in [0.29, 0.717) is 0 Å². The normalized spacial score (nSPS) is 18.7. The van der Waals surface area contributed by atoms with Crippen molar-refractivity contribution in [3.63, 3.8) is 0 Å². The second-order valence-electron chi connectivity index (χ2n) is 17.5. The minimum Gasteiger partial charge on any atom is -0.455 e. The fourth-order valence-corrected chi connectivity index (χ4v) is 12.4. The molecule has 1 atom stereocenters. The SMILES string of the molecule is CC(C)(C)c1ccc2c(c1)Oc1cc(C(C)(C)C)c3c4c1N2c1ccc(C(C)(C)C)c2c1P4(=S)c1c(cc(C(C)(C)C)cc1O3)O2. The molecular weight excluding hydrogens is 605 g/mol. The molecule has 46 heavy (non-hydrogen) atoms. The summed E-state index contributed by atoms with van der Waals surface area (Å²) >= 11 is 7.21. The van der Waals surface area contributed by atoms with Crippen LogP contribution in [0.5, 0.6) is 34.5 Å². The largest absolute Gasteiger partial charge is 0.455 e. The Labute approximate surface area is 279 Å². The molecule has 0 spiro atoms. The molecular formula is C40H44NO3PS. The number of hydrogen-bond donors (Lipinski definition) is 0. The van der Waals surface area contributed by atoms with E-state index in [-0.39, 0.29) is 21.7 Å². The van der Waals surface area contributed by atoms with E-state index in [0.717, 1.165) is 73.0 Å². The van der Waals surface area contributed by atoms with Crippen molar-refractivity contribution in [3.8, 4) is 34.5 Å². The minimum atomic E-state index is -2.68. The van der Waals surface area contributed by atoms with Gasteiger partial charge in [-0.15, -0.1) is 0 Å². The van der Waals surface area contributed by atoms with Crippen LogP contribution in [0.1, 0.15) is 105 Å². The van der Waals surface area contributed by atoms with Gasteiger partial charge in [-0.1, -0.05) is 107 Å². The lowest BCUT2D eigenvalue weighted by atomic mass is 9.84. The van der Waals surface area contributed by atoms with Crippen molar-refractivity contribution >= 4 is 50.8 Å². The van der Waals surface area contributed by atoms with Crippen molar-refractivity contribution < 1.29 is 14.2 Å². The first kappa shape index (κ1) is 30.1. The molecule has 8 rings (SSSR count). The van der Waals surface area contributed by atoms with E-state index >= 15 is 0 Å². The second-order valence-corrected chi connectivity index (χ2v) is 21.7. The molecule has 4 aliphatic heterocycles. The second kappa shape index (κ2) is 8.79. The van der Waals surface area contributed by atoms with Gasteiger partial charge in [0.05, 0.1) is 33.3 Å². The zero-order valence-corrected chi connectivity index (χ0v) is 30.9. The Balaban J connectivity index is 1.56. The summed E-state index contributed by atoms with van der Waals surface area (Å²) < 4.78 is 21.2. The fraction of sp³-hybridized carbons (Fsp3) is 0.400. The Morgan fingerprint density at radius 2 is 1.04 bits per heavy atom. The number of hydrogen-bond acceptors (Lipinski definition) is 5. The van der Waals surface area contributed by atoms with Crippen LogP contribution in [0.3, 0.4) is 0 Å². The van der Waals surface area contributed by atoms with Gasteiger partial charge in [-0.2, -0.15) is 0 Å². The predicted octanol–water partition coefficient (Wildman–Crippen LogP) is 10.7. The number of benzene rings is 4. The Kier molecular flexibility index (Phi) is 5.75. The molecule has 0 aliphatic carbocycles. The van der Waals surface area contributed by atoms with Crippen molar-refractivity contribution in [1.82, 2.24) is 0 Å². The quantitative estimate of drug-likeness (QED) is 0.153. The molecule has 4 nitrogen and oxygen atoms in total. The summed E-state index contributed by atoms with van der Waals surface area (Å²) in [6, 6.07) is 15.2. The van der Waals surface area contributed by atoms with Crippen molar-refractivity contribution in [1.29, 1.82) is 0 Å². The van der Waals surface area contributed by atoms with Gasteiger partial charge in [-0.3, -0.25) is 0 Å². The van der Waals surface area contributed by atoms with E-state index in [4.69, 9.17) is 26.0 Å². The van der Waals surface area contributed by atoms with Gasteiger partial charge in [-0.25, -0.2) is 0 Å². The van der Waals surface area contributed by atoms with E-state index < -0.39 is 6.04 Å². The number of ether oxygens (including phenoxy) is 3. The molecule has 238 valence electrons. The molecule has 0 saturated carbocycles. The Morgan fingerprint density at radius 3 is 1.61 bits per heavy atom. The Bertz CT molecular complexity index is 2080. The first-order chi connectivity index (χ1) is 21.2. The lowest BCUT2D eigenvalue weighted by Gasteiger charge is -2.49. The zero-order valence-electron chi connectivity index (χ0n) is 29.1. The molecule has 4 heterocycles. The summed E-state index contributed by atoms with van der Waals surface area (Å²) in [5.74, 6) is 5.17. The van der Waals surface area contributed by atoms with Crippen molar-refractivity contribution in [2.45, 2.75) is 105 Å². The third kappa shape index (κ3) is 3.88. The average molecular weight is 650 g/mol. The number of nitrogens with zero attached hydrogens (tertiary/aromatic N) is 1. The van der Waals surface area contributed by atoms with E-state index in [2.05, 4.69) is 137 Å². The highest BCUT2D eigenvalue weighted by molar-refractivity contribution is 8.26. The molecule has 4 aromatic carbocycles. The summed E-state index contributed by atoms with van der Waals surface area (Å²) in [6.07, 6.45) is 0. The van der Waals surface area contributed by atoms with Crippen LogP contribution >= 0.6 is 6.04 Å². The predicted molar refractivity (Wildman–Crippen MR) is 196 cm³/mol. The highest BCUT2D eigenvalue weighted by Gasteiger charge is 2.54. The lowest BCUT2D eigenvalue weighted by molar-refractivity contribution is 0.432. The molecule has 1 unspecified atom stereocenters. The van der Waals surface area contributed by atoms with E-state index in [1.54, 1.807) is 0 Å². The van der Waals surface area contributed by atoms with Crippen molar-refractivity contribution in [2.75, 3.05) is 4.90 Å². The average Bonchev–Trinajstić information content (AvgIpc) is 2.92. The molecule has 4 aliphatic rings. The van der Waals surface area contributed by atoms with Crippen molar-refractivity contribution in [3.05, 3.63) is 70.8 Å². The van der Waals surface area contributed by atoms with Gasteiger partial charge in [0.1, 0.15) is 28.7 Å². The third-order valence-corrected chi connectivity index (χ3v) is 14.8. The molecule has 0 amide bonds. The third-order valence-electron chi connectivity index (χ3n) is 9.94. The molecule has 0 radical (unpaired) electrons. The van der Waals surface area contributed by atoms with Crippen LogP contribution in [-0.2, 0) is 33.5 Å². The monoisotopic (exact) mass is 649 g/mol. The smallest absolute Gasteiger partial charge is 0.152 e. The van der Waals surface area contributed by atoms with Gasteiger partial charge in [0, 0.05) is 11.1 Å². The van der Waals surface area contributed by atoms with Crippen LogP contribution < -0.4 is 35.0 Å². The van der Waals surface area contributed by atoms with Gasteiger partial charge in [-0.05, 0) is 69.2 Å². The minimum absolute atomic E-state index is 0.0183. The molecule has 0 saturated heterocycles. The van der Waals surface area contributed by atoms with Gasteiger partial charge < -0.3 is 19.1 Å². The standard InChI is InChI=1S/C40H44NO3PS/c1-37(2,3)21-13-15-25-27(17-21)42-28-20-24(40(10,11)12)33-36-31(28)41(25)26-16-14-23(39(7,8)9)32-34(26)45(36,46)35-29(43-32)18-22(38(4,5)6)19-30(35)44-33/h13-20H,1-12H3. The van der Waals surface area contributed by atoms with Gasteiger partial charge in [0.2, 0.25) is 0 Å². The molecule has 6 heteroatoms.